The number of piperidine rings is 1. The van der Waals surface area contributed by atoms with Crippen LogP contribution in [-0.2, 0) is 0 Å². The van der Waals surface area contributed by atoms with Gasteiger partial charge in [-0.15, -0.1) is 0 Å². The van der Waals surface area contributed by atoms with E-state index in [1.807, 2.05) is 12.3 Å². The van der Waals surface area contributed by atoms with Crippen LogP contribution in [-0.4, -0.2) is 23.1 Å². The molecule has 0 radical (unpaired) electrons. The molecular weight excluding hydrogens is 290 g/mol. The first-order valence-electron chi connectivity index (χ1n) is 6.39. The van der Waals surface area contributed by atoms with Crippen molar-refractivity contribution in [1.29, 1.82) is 0 Å². The molecule has 0 aliphatic carbocycles. The zero-order valence-electron chi connectivity index (χ0n) is 10.2. The van der Waals surface area contributed by atoms with E-state index in [0.29, 0.717) is 0 Å². The van der Waals surface area contributed by atoms with Crippen LogP contribution in [0.1, 0.15) is 19.3 Å². The maximum atomic E-state index is 4.47. The van der Waals surface area contributed by atoms with E-state index in [2.05, 4.69) is 49.5 Å². The number of benzene rings is 1. The van der Waals surface area contributed by atoms with E-state index in [-0.39, 0.29) is 0 Å². The summed E-state index contributed by atoms with van der Waals surface area (Å²) in [4.78, 5) is 4.47. The molecule has 0 saturated carbocycles. The molecule has 4 heteroatoms. The molecule has 0 atom stereocenters. The average molecular weight is 306 g/mol. The first-order valence-corrected chi connectivity index (χ1v) is 7.19. The van der Waals surface area contributed by atoms with Gasteiger partial charge in [0, 0.05) is 34.5 Å². The fourth-order valence-electron chi connectivity index (χ4n) is 2.41. The second-order valence-corrected chi connectivity index (χ2v) is 5.51. The Kier molecular flexibility index (Phi) is 3.48. The minimum absolute atomic E-state index is 0.954. The van der Waals surface area contributed by atoms with Crippen LogP contribution in [0.3, 0.4) is 0 Å². The molecule has 1 aromatic carbocycles. The summed E-state index contributed by atoms with van der Waals surface area (Å²) in [6, 6.07) is 8.27. The lowest BCUT2D eigenvalue weighted by Crippen LogP contribution is -2.35. The smallest absolute Gasteiger partial charge is 0.148 e. The molecule has 3 rings (SSSR count). The molecule has 3 nitrogen and oxygen atoms in total. The third-order valence-electron chi connectivity index (χ3n) is 3.37. The van der Waals surface area contributed by atoms with Gasteiger partial charge in [-0.2, -0.15) is 0 Å². The number of pyridine rings is 1. The van der Waals surface area contributed by atoms with Gasteiger partial charge < -0.3 is 5.43 Å². The van der Waals surface area contributed by atoms with Crippen LogP contribution in [0.2, 0.25) is 0 Å². The van der Waals surface area contributed by atoms with Crippen molar-refractivity contribution in [3.05, 3.63) is 34.9 Å². The molecular formula is C14H16BrN3. The van der Waals surface area contributed by atoms with Crippen LogP contribution in [0.4, 0.5) is 5.82 Å². The molecule has 18 heavy (non-hydrogen) atoms. The minimum Gasteiger partial charge on any atom is -0.303 e. The molecule has 2 aromatic rings. The summed E-state index contributed by atoms with van der Waals surface area (Å²) >= 11 is 3.59. The highest BCUT2D eigenvalue weighted by atomic mass is 79.9. The van der Waals surface area contributed by atoms with Gasteiger partial charge in [0.25, 0.3) is 0 Å². The van der Waals surface area contributed by atoms with Crippen molar-refractivity contribution >= 4 is 32.5 Å². The van der Waals surface area contributed by atoms with Crippen molar-refractivity contribution in [3.8, 4) is 0 Å². The Bertz CT molecular complexity index is 550. The first kappa shape index (κ1) is 11.9. The van der Waals surface area contributed by atoms with E-state index in [9.17, 15) is 0 Å². The molecule has 2 heterocycles. The maximum Gasteiger partial charge on any atom is 0.148 e. The number of anilines is 1. The Morgan fingerprint density at radius 1 is 1.06 bits per heavy atom. The number of halogens is 1. The lowest BCUT2D eigenvalue weighted by molar-refractivity contribution is 0.272. The number of hydrogen-bond acceptors (Lipinski definition) is 3. The molecule has 1 aliphatic heterocycles. The van der Waals surface area contributed by atoms with E-state index in [1.165, 1.54) is 24.6 Å². The quantitative estimate of drug-likeness (QED) is 0.914. The van der Waals surface area contributed by atoms with Gasteiger partial charge in [-0.1, -0.05) is 34.5 Å². The summed E-state index contributed by atoms with van der Waals surface area (Å²) in [5.41, 5.74) is 3.45. The maximum absolute atomic E-state index is 4.47. The van der Waals surface area contributed by atoms with E-state index in [1.54, 1.807) is 0 Å². The van der Waals surface area contributed by atoms with Crippen LogP contribution >= 0.6 is 15.9 Å². The number of hydrazine groups is 1. The minimum atomic E-state index is 0.954. The predicted molar refractivity (Wildman–Crippen MR) is 78.5 cm³/mol. The highest BCUT2D eigenvalue weighted by Crippen LogP contribution is 2.28. The number of nitrogens with one attached hydrogen (secondary N) is 1. The first-order chi connectivity index (χ1) is 8.84. The summed E-state index contributed by atoms with van der Waals surface area (Å²) in [5.74, 6) is 0.954. The molecule has 1 aliphatic rings. The molecule has 94 valence electrons. The van der Waals surface area contributed by atoms with Gasteiger partial charge in [0.15, 0.2) is 0 Å². The highest BCUT2D eigenvalue weighted by molar-refractivity contribution is 9.10. The van der Waals surface area contributed by atoms with Gasteiger partial charge in [0.05, 0.1) is 0 Å². The molecule has 1 N–H and O–H groups in total. The van der Waals surface area contributed by atoms with Gasteiger partial charge in [-0.3, -0.25) is 0 Å². The lowest BCUT2D eigenvalue weighted by atomic mass is 10.1. The fraction of sp³-hybridized carbons (Fsp3) is 0.357. The highest BCUT2D eigenvalue weighted by Gasteiger charge is 2.12. The summed E-state index contributed by atoms with van der Waals surface area (Å²) < 4.78 is 1.11. The topological polar surface area (TPSA) is 28.2 Å². The molecule has 1 saturated heterocycles. The van der Waals surface area contributed by atoms with Gasteiger partial charge in [-0.05, 0) is 25.0 Å². The standard InChI is InChI=1S/C14H16BrN3/c15-13-6-4-5-12-11(13)7-8-16-14(12)17-18-9-2-1-3-10-18/h4-8H,1-3,9-10H2,(H,16,17). The van der Waals surface area contributed by atoms with Crippen LogP contribution in [0, 0.1) is 0 Å². The third-order valence-corrected chi connectivity index (χ3v) is 4.06. The van der Waals surface area contributed by atoms with Gasteiger partial charge in [0.1, 0.15) is 5.82 Å². The number of hydrogen-bond donors (Lipinski definition) is 1. The summed E-state index contributed by atoms with van der Waals surface area (Å²) in [6.07, 6.45) is 5.73. The molecule has 1 aromatic heterocycles. The van der Waals surface area contributed by atoms with E-state index < -0.39 is 0 Å². The molecule has 0 amide bonds. The van der Waals surface area contributed by atoms with Gasteiger partial charge in [0.2, 0.25) is 0 Å². The van der Waals surface area contributed by atoms with Crippen molar-refractivity contribution < 1.29 is 0 Å². The Balaban J connectivity index is 1.93. The monoisotopic (exact) mass is 305 g/mol. The largest absolute Gasteiger partial charge is 0.303 e. The average Bonchev–Trinajstić information content (AvgIpc) is 2.41. The number of fused-ring (bicyclic) bond motifs is 1. The van der Waals surface area contributed by atoms with E-state index in [4.69, 9.17) is 0 Å². The Morgan fingerprint density at radius 2 is 1.89 bits per heavy atom. The van der Waals surface area contributed by atoms with E-state index in [0.717, 1.165) is 28.8 Å². The van der Waals surface area contributed by atoms with Crippen molar-refractivity contribution in [1.82, 2.24) is 9.99 Å². The second-order valence-electron chi connectivity index (χ2n) is 4.65. The van der Waals surface area contributed by atoms with E-state index >= 15 is 0 Å². The summed E-state index contributed by atoms with van der Waals surface area (Å²) in [6.45, 7) is 2.21. The Morgan fingerprint density at radius 3 is 2.72 bits per heavy atom. The van der Waals surface area contributed by atoms with Crippen LogP contribution in [0.25, 0.3) is 10.8 Å². The summed E-state index contributed by atoms with van der Waals surface area (Å²) in [5, 5.41) is 4.64. The van der Waals surface area contributed by atoms with Crippen LogP contribution in [0.15, 0.2) is 34.9 Å². The predicted octanol–water partition coefficient (Wildman–Crippen LogP) is 3.81. The third kappa shape index (κ3) is 2.35. The molecule has 0 spiro atoms. The van der Waals surface area contributed by atoms with Crippen molar-refractivity contribution in [3.63, 3.8) is 0 Å². The van der Waals surface area contributed by atoms with Gasteiger partial charge >= 0.3 is 0 Å². The molecule has 0 bridgehead atoms. The van der Waals surface area contributed by atoms with Crippen molar-refractivity contribution in [2.45, 2.75) is 19.3 Å². The molecule has 1 fully saturated rings. The zero-order valence-corrected chi connectivity index (χ0v) is 11.8. The number of nitrogens with zero attached hydrogens (tertiary/aromatic N) is 2. The van der Waals surface area contributed by atoms with Crippen molar-refractivity contribution in [2.24, 2.45) is 0 Å². The molecule has 0 unspecified atom stereocenters. The van der Waals surface area contributed by atoms with Crippen molar-refractivity contribution in [2.75, 3.05) is 18.5 Å². The summed E-state index contributed by atoms with van der Waals surface area (Å²) in [7, 11) is 0. The van der Waals surface area contributed by atoms with Crippen LogP contribution < -0.4 is 5.43 Å². The number of rotatable bonds is 2. The number of aromatic nitrogens is 1. The Hall–Kier alpha value is -1.13. The normalized spacial score (nSPS) is 16.9. The Labute approximate surface area is 115 Å². The van der Waals surface area contributed by atoms with Gasteiger partial charge in [-0.25, -0.2) is 9.99 Å². The zero-order chi connectivity index (χ0) is 12.4. The fourth-order valence-corrected chi connectivity index (χ4v) is 2.91. The lowest BCUT2D eigenvalue weighted by Gasteiger charge is -2.27. The van der Waals surface area contributed by atoms with Crippen LogP contribution in [0.5, 0.6) is 0 Å². The second kappa shape index (κ2) is 5.24. The SMILES string of the molecule is Brc1cccc2c(NN3CCCCC3)nccc12.